The van der Waals surface area contributed by atoms with Crippen LogP contribution in [-0.2, 0) is 0 Å². The Bertz CT molecular complexity index is 313. The highest BCUT2D eigenvalue weighted by atomic mass is 16.3. The summed E-state index contributed by atoms with van der Waals surface area (Å²) >= 11 is 0. The predicted molar refractivity (Wildman–Crippen MR) is 70.8 cm³/mol. The molecule has 0 aromatic heterocycles. The van der Waals surface area contributed by atoms with Gasteiger partial charge >= 0.3 is 0 Å². The molecule has 0 unspecified atom stereocenters. The van der Waals surface area contributed by atoms with E-state index in [2.05, 4.69) is 20.8 Å². The minimum absolute atomic E-state index is 0.320. The maximum Gasteiger partial charge on any atom is 0.0681 e. The van der Waals surface area contributed by atoms with Crippen molar-refractivity contribution in [2.75, 3.05) is 0 Å². The summed E-state index contributed by atoms with van der Waals surface area (Å²) in [5.41, 5.74) is 0.522. The quantitative estimate of drug-likeness (QED) is 0.725. The van der Waals surface area contributed by atoms with Gasteiger partial charge in [-0.3, -0.25) is 0 Å². The fraction of sp³-hybridized carbons (Fsp3) is 1.00. The van der Waals surface area contributed by atoms with Crippen LogP contribution in [0.25, 0.3) is 0 Å². The predicted octanol–water partition coefficient (Wildman–Crippen LogP) is 4.14. The van der Waals surface area contributed by atoms with Crippen LogP contribution >= 0.6 is 0 Å². The van der Waals surface area contributed by atoms with Crippen LogP contribution in [0.15, 0.2) is 0 Å². The van der Waals surface area contributed by atoms with Crippen LogP contribution in [0.3, 0.4) is 0 Å². The first-order valence-electron chi connectivity index (χ1n) is 7.63. The molecule has 1 N–H and O–H groups in total. The Morgan fingerprint density at radius 3 is 2.06 bits per heavy atom. The molecule has 2 bridgehead atoms. The van der Waals surface area contributed by atoms with Crippen molar-refractivity contribution in [2.45, 2.75) is 77.7 Å². The molecule has 3 fully saturated rings. The van der Waals surface area contributed by atoms with E-state index in [4.69, 9.17) is 0 Å². The van der Waals surface area contributed by atoms with Gasteiger partial charge in [0, 0.05) is 0 Å². The van der Waals surface area contributed by atoms with Gasteiger partial charge in [0.25, 0.3) is 0 Å². The summed E-state index contributed by atoms with van der Waals surface area (Å²) in [6, 6.07) is 0. The second kappa shape index (κ2) is 3.50. The highest BCUT2D eigenvalue weighted by Gasteiger charge is 2.65. The Balaban J connectivity index is 1.91. The second-order valence-corrected chi connectivity index (χ2v) is 7.83. The molecule has 3 saturated carbocycles. The zero-order valence-electron chi connectivity index (χ0n) is 11.8. The SMILES string of the molecule is CC1(C)[C@H]2CC[C@@]1(C)[C@H](C1(O)CCCCC1)C2. The van der Waals surface area contributed by atoms with Crippen molar-refractivity contribution in [3.63, 3.8) is 0 Å². The summed E-state index contributed by atoms with van der Waals surface area (Å²) in [6.07, 6.45) is 9.99. The monoisotopic (exact) mass is 236 g/mol. The lowest BCUT2D eigenvalue weighted by atomic mass is 9.59. The smallest absolute Gasteiger partial charge is 0.0681 e. The molecule has 98 valence electrons. The molecule has 0 aromatic carbocycles. The standard InChI is InChI=1S/C16H28O/c1-14(2)12-7-10-15(14,3)13(11-12)16(17)8-5-4-6-9-16/h12-13,17H,4-11H2,1-3H3/t12-,13+,15-/m0/s1. The van der Waals surface area contributed by atoms with Gasteiger partial charge in [-0.25, -0.2) is 0 Å². The highest BCUT2D eigenvalue weighted by molar-refractivity contribution is 5.14. The number of rotatable bonds is 1. The van der Waals surface area contributed by atoms with Crippen LogP contribution in [-0.4, -0.2) is 10.7 Å². The van der Waals surface area contributed by atoms with Crippen LogP contribution in [0.1, 0.15) is 72.1 Å². The van der Waals surface area contributed by atoms with Crippen molar-refractivity contribution in [1.82, 2.24) is 0 Å². The Morgan fingerprint density at radius 2 is 1.59 bits per heavy atom. The van der Waals surface area contributed by atoms with Crippen molar-refractivity contribution >= 4 is 0 Å². The molecular formula is C16H28O. The van der Waals surface area contributed by atoms with E-state index < -0.39 is 0 Å². The molecule has 3 aliphatic rings. The molecule has 0 spiro atoms. The van der Waals surface area contributed by atoms with E-state index in [-0.39, 0.29) is 5.60 Å². The molecule has 0 aromatic rings. The van der Waals surface area contributed by atoms with Crippen LogP contribution in [0.2, 0.25) is 0 Å². The molecule has 0 aliphatic heterocycles. The molecule has 0 heterocycles. The van der Waals surface area contributed by atoms with Crippen molar-refractivity contribution < 1.29 is 5.11 Å². The van der Waals surface area contributed by atoms with Crippen molar-refractivity contribution in [2.24, 2.45) is 22.7 Å². The minimum Gasteiger partial charge on any atom is -0.390 e. The van der Waals surface area contributed by atoms with Crippen LogP contribution in [0.5, 0.6) is 0 Å². The van der Waals surface area contributed by atoms with Gasteiger partial charge in [0.05, 0.1) is 5.60 Å². The summed E-state index contributed by atoms with van der Waals surface area (Å²) in [6.45, 7) is 7.38. The molecule has 17 heavy (non-hydrogen) atoms. The molecule has 0 radical (unpaired) electrons. The van der Waals surface area contributed by atoms with Gasteiger partial charge in [0.15, 0.2) is 0 Å². The summed E-state index contributed by atoms with van der Waals surface area (Å²) in [4.78, 5) is 0. The van der Waals surface area contributed by atoms with Crippen LogP contribution in [0, 0.1) is 22.7 Å². The van der Waals surface area contributed by atoms with E-state index in [1.54, 1.807) is 0 Å². The van der Waals surface area contributed by atoms with E-state index in [1.165, 1.54) is 38.5 Å². The average Bonchev–Trinajstić information content (AvgIpc) is 2.62. The summed E-state index contributed by atoms with van der Waals surface area (Å²) < 4.78 is 0. The third-order valence-corrected chi connectivity index (χ3v) is 7.16. The van der Waals surface area contributed by atoms with Gasteiger partial charge in [-0.15, -0.1) is 0 Å². The van der Waals surface area contributed by atoms with Crippen LogP contribution in [0.4, 0.5) is 0 Å². The molecular weight excluding hydrogens is 208 g/mol. The molecule has 1 nitrogen and oxygen atoms in total. The molecule has 3 rings (SSSR count). The maximum absolute atomic E-state index is 11.1. The summed E-state index contributed by atoms with van der Waals surface area (Å²) in [5, 5.41) is 11.1. The fourth-order valence-corrected chi connectivity index (χ4v) is 5.53. The van der Waals surface area contributed by atoms with Gasteiger partial charge in [-0.1, -0.05) is 40.0 Å². The van der Waals surface area contributed by atoms with E-state index in [9.17, 15) is 5.11 Å². The van der Waals surface area contributed by atoms with Crippen molar-refractivity contribution in [1.29, 1.82) is 0 Å². The van der Waals surface area contributed by atoms with Gasteiger partial charge < -0.3 is 5.11 Å². The van der Waals surface area contributed by atoms with E-state index >= 15 is 0 Å². The molecule has 1 heteroatoms. The fourth-order valence-electron chi connectivity index (χ4n) is 5.53. The maximum atomic E-state index is 11.1. The lowest BCUT2D eigenvalue weighted by Crippen LogP contribution is -2.48. The van der Waals surface area contributed by atoms with E-state index in [0.29, 0.717) is 16.7 Å². The lowest BCUT2D eigenvalue weighted by Gasteiger charge is -2.48. The topological polar surface area (TPSA) is 20.2 Å². The van der Waals surface area contributed by atoms with Crippen molar-refractivity contribution in [3.05, 3.63) is 0 Å². The first-order chi connectivity index (χ1) is 7.90. The number of hydrogen-bond donors (Lipinski definition) is 1. The number of fused-ring (bicyclic) bond motifs is 2. The molecule has 3 atom stereocenters. The lowest BCUT2D eigenvalue weighted by molar-refractivity contribution is -0.102. The third kappa shape index (κ3) is 1.41. The Labute approximate surface area is 106 Å². The Kier molecular flexibility index (Phi) is 2.47. The molecule has 0 saturated heterocycles. The van der Waals surface area contributed by atoms with Gasteiger partial charge in [0.2, 0.25) is 0 Å². The van der Waals surface area contributed by atoms with Crippen LogP contribution < -0.4 is 0 Å². The molecule has 3 aliphatic carbocycles. The normalized spacial score (nSPS) is 47.3. The number of aliphatic hydroxyl groups is 1. The minimum atomic E-state index is -0.320. The van der Waals surface area contributed by atoms with E-state index in [0.717, 1.165) is 18.8 Å². The van der Waals surface area contributed by atoms with Gasteiger partial charge in [-0.05, 0) is 54.8 Å². The van der Waals surface area contributed by atoms with Crippen molar-refractivity contribution in [3.8, 4) is 0 Å². The largest absolute Gasteiger partial charge is 0.390 e. The summed E-state index contributed by atoms with van der Waals surface area (Å²) in [5.74, 6) is 1.44. The van der Waals surface area contributed by atoms with Gasteiger partial charge in [0.1, 0.15) is 0 Å². The number of hydrogen-bond acceptors (Lipinski definition) is 1. The third-order valence-electron chi connectivity index (χ3n) is 7.16. The zero-order valence-corrected chi connectivity index (χ0v) is 11.8. The summed E-state index contributed by atoms with van der Waals surface area (Å²) in [7, 11) is 0. The van der Waals surface area contributed by atoms with E-state index in [1.807, 2.05) is 0 Å². The Morgan fingerprint density at radius 1 is 0.941 bits per heavy atom. The Hall–Kier alpha value is -0.0400. The second-order valence-electron chi connectivity index (χ2n) is 7.83. The molecule has 0 amide bonds. The first-order valence-corrected chi connectivity index (χ1v) is 7.63. The van der Waals surface area contributed by atoms with Gasteiger partial charge in [-0.2, -0.15) is 0 Å². The zero-order chi connectivity index (χ0) is 12.3. The highest BCUT2D eigenvalue weighted by Crippen LogP contribution is 2.71. The first kappa shape index (κ1) is 12.0. The average molecular weight is 236 g/mol.